The highest BCUT2D eigenvalue weighted by Gasteiger charge is 2.31. The zero-order chi connectivity index (χ0) is 24.0. The number of rotatable bonds is 3. The number of benzene rings is 2. The van der Waals surface area contributed by atoms with Gasteiger partial charge in [0, 0.05) is 17.0 Å². The van der Waals surface area contributed by atoms with Crippen LogP contribution < -0.4 is 15.6 Å². The van der Waals surface area contributed by atoms with Gasteiger partial charge in [0.25, 0.3) is 11.5 Å². The van der Waals surface area contributed by atoms with Gasteiger partial charge in [-0.1, -0.05) is 5.73 Å². The number of allylic oxidation sites excluding steroid dienone is 1. The molecule has 34 heavy (non-hydrogen) atoms. The quantitative estimate of drug-likeness (QED) is 0.346. The molecule has 0 spiro atoms. The molecule has 0 atom stereocenters. The predicted octanol–water partition coefficient (Wildman–Crippen LogP) is 4.33. The van der Waals surface area contributed by atoms with Crippen LogP contribution >= 0.6 is 0 Å². The molecule has 7 nitrogen and oxygen atoms in total. The Kier molecular flexibility index (Phi) is 4.84. The van der Waals surface area contributed by atoms with Crippen molar-refractivity contribution in [3.8, 4) is 5.75 Å². The smallest absolute Gasteiger partial charge is 0.406 e. The summed E-state index contributed by atoms with van der Waals surface area (Å²) < 4.78 is 55.7. The van der Waals surface area contributed by atoms with Crippen LogP contribution in [0, 0.1) is 5.82 Å². The molecule has 2 aromatic carbocycles. The van der Waals surface area contributed by atoms with E-state index in [2.05, 4.69) is 25.9 Å². The van der Waals surface area contributed by atoms with Gasteiger partial charge in [0.05, 0.1) is 28.5 Å². The van der Waals surface area contributed by atoms with Gasteiger partial charge in [-0.25, -0.2) is 9.07 Å². The second kappa shape index (κ2) is 7.75. The maximum atomic E-state index is 13.6. The molecule has 0 saturated carbocycles. The van der Waals surface area contributed by atoms with E-state index in [0.717, 1.165) is 12.1 Å². The van der Waals surface area contributed by atoms with Gasteiger partial charge in [-0.15, -0.1) is 13.2 Å². The number of alkyl halides is 3. The van der Waals surface area contributed by atoms with Crippen LogP contribution in [0.15, 0.2) is 64.8 Å². The Morgan fingerprint density at radius 3 is 2.65 bits per heavy atom. The Balaban J connectivity index is 1.50. The number of aromatic amines is 1. The molecule has 0 radical (unpaired) electrons. The molecule has 2 N–H and O–H groups in total. The molecule has 0 fully saturated rings. The maximum absolute atomic E-state index is 13.6. The average molecular weight is 468 g/mol. The monoisotopic (exact) mass is 468 g/mol. The summed E-state index contributed by atoms with van der Waals surface area (Å²) in [4.78, 5) is 28.0. The first-order valence-electron chi connectivity index (χ1n) is 9.73. The van der Waals surface area contributed by atoms with Crippen LogP contribution in [0.25, 0.3) is 34.1 Å². The van der Waals surface area contributed by atoms with E-state index < -0.39 is 29.4 Å². The van der Waals surface area contributed by atoms with Crippen LogP contribution in [0.1, 0.15) is 16.1 Å². The lowest BCUT2D eigenvalue weighted by Crippen LogP contribution is -2.22. The van der Waals surface area contributed by atoms with Gasteiger partial charge < -0.3 is 15.0 Å². The molecule has 11 heteroatoms. The third kappa shape index (κ3) is 3.96. The Labute approximate surface area is 187 Å². The zero-order valence-electron chi connectivity index (χ0n) is 16.9. The molecule has 0 saturated heterocycles. The SMILES string of the molecule is O=C(NC1=Cc2c3c(=O)[nH]c4cc(F)ccc4c3nn2C=C=C1)c1ccc(OC(F)(F)F)cc1. The number of hydrogen-bond donors (Lipinski definition) is 2. The molecule has 1 amide bonds. The Morgan fingerprint density at radius 2 is 1.91 bits per heavy atom. The van der Waals surface area contributed by atoms with E-state index in [9.17, 15) is 27.2 Å². The summed E-state index contributed by atoms with van der Waals surface area (Å²) in [7, 11) is 0. The number of nitrogens with zero attached hydrogens (tertiary/aromatic N) is 2. The van der Waals surface area contributed by atoms with Crippen molar-refractivity contribution < 1.29 is 27.1 Å². The van der Waals surface area contributed by atoms with Crippen LogP contribution in [0.5, 0.6) is 5.75 Å². The number of amides is 1. The number of hydrogen-bond acceptors (Lipinski definition) is 4. The molecule has 4 aromatic rings. The standard InChI is InChI=1S/C23H12F4N4O3/c24-13-5-8-16-17(10-13)29-22(33)19-18-11-14(2-1-9-31(18)30-20(16)19)28-21(32)12-3-6-15(7-4-12)34-23(25,26)27/h2-11H,(H,28,32)(H,29,33). The minimum absolute atomic E-state index is 0.0845. The van der Waals surface area contributed by atoms with E-state index in [-0.39, 0.29) is 16.6 Å². The lowest BCUT2D eigenvalue weighted by Gasteiger charge is -2.09. The zero-order valence-corrected chi connectivity index (χ0v) is 16.9. The van der Waals surface area contributed by atoms with Crippen LogP contribution in [-0.4, -0.2) is 27.0 Å². The van der Waals surface area contributed by atoms with Crippen molar-refractivity contribution >= 4 is 40.0 Å². The second-order valence-electron chi connectivity index (χ2n) is 7.26. The number of carbonyl (C=O) groups excluding carboxylic acids is 1. The summed E-state index contributed by atoms with van der Waals surface area (Å²) in [6.07, 6.45) is -0.419. The molecule has 5 rings (SSSR count). The normalized spacial score (nSPS) is 13.0. The molecule has 2 aromatic heterocycles. The maximum Gasteiger partial charge on any atom is 0.573 e. The molecule has 1 aliphatic heterocycles. The summed E-state index contributed by atoms with van der Waals surface area (Å²) >= 11 is 0. The third-order valence-corrected chi connectivity index (χ3v) is 5.00. The molecule has 0 aliphatic carbocycles. The highest BCUT2D eigenvalue weighted by Crippen LogP contribution is 2.26. The fourth-order valence-corrected chi connectivity index (χ4v) is 3.58. The number of aromatic nitrogens is 3. The molecule has 0 bridgehead atoms. The van der Waals surface area contributed by atoms with Gasteiger partial charge in [-0.2, -0.15) is 5.10 Å². The molecular formula is C23H12F4N4O3. The molecule has 170 valence electrons. The fraction of sp³-hybridized carbons (Fsp3) is 0.0435. The van der Waals surface area contributed by atoms with Crippen LogP contribution in [0.3, 0.4) is 0 Å². The predicted molar refractivity (Wildman–Crippen MR) is 115 cm³/mol. The van der Waals surface area contributed by atoms with Crippen LogP contribution in [-0.2, 0) is 0 Å². The van der Waals surface area contributed by atoms with Crippen LogP contribution in [0.4, 0.5) is 17.6 Å². The van der Waals surface area contributed by atoms with Crippen molar-refractivity contribution in [3.05, 3.63) is 87.4 Å². The van der Waals surface area contributed by atoms with Gasteiger partial charge in [-0.3, -0.25) is 9.59 Å². The largest absolute Gasteiger partial charge is 0.573 e. The van der Waals surface area contributed by atoms with Gasteiger partial charge in [0.15, 0.2) is 0 Å². The van der Waals surface area contributed by atoms with Gasteiger partial charge >= 0.3 is 6.36 Å². The number of nitrogens with one attached hydrogen (secondary N) is 2. The third-order valence-electron chi connectivity index (χ3n) is 5.00. The molecule has 0 unspecified atom stereocenters. The van der Waals surface area contributed by atoms with E-state index in [1.165, 1.54) is 53.4 Å². The number of H-pyrrole nitrogens is 1. The van der Waals surface area contributed by atoms with Crippen molar-refractivity contribution in [1.29, 1.82) is 0 Å². The molecule has 3 heterocycles. The van der Waals surface area contributed by atoms with Crippen molar-refractivity contribution in [2.45, 2.75) is 6.36 Å². The minimum Gasteiger partial charge on any atom is -0.406 e. The highest BCUT2D eigenvalue weighted by molar-refractivity contribution is 6.06. The number of carbonyl (C=O) groups is 1. The Hall–Kier alpha value is -4.63. The van der Waals surface area contributed by atoms with E-state index in [1.54, 1.807) is 0 Å². The van der Waals surface area contributed by atoms with E-state index in [0.29, 0.717) is 22.1 Å². The number of halogens is 4. The average Bonchev–Trinajstić information content (AvgIpc) is 3.00. The van der Waals surface area contributed by atoms with E-state index in [4.69, 9.17) is 0 Å². The number of fused-ring (bicyclic) bond motifs is 5. The summed E-state index contributed by atoms with van der Waals surface area (Å²) in [5, 5.41) is 7.80. The van der Waals surface area contributed by atoms with Gasteiger partial charge in [0.2, 0.25) is 0 Å². The number of ether oxygens (including phenoxy) is 1. The lowest BCUT2D eigenvalue weighted by molar-refractivity contribution is -0.274. The minimum atomic E-state index is -4.84. The first-order valence-corrected chi connectivity index (χ1v) is 9.73. The van der Waals surface area contributed by atoms with E-state index >= 15 is 0 Å². The topological polar surface area (TPSA) is 89.0 Å². The summed E-state index contributed by atoms with van der Waals surface area (Å²) in [5.74, 6) is -1.56. The van der Waals surface area contributed by atoms with E-state index in [1.807, 2.05) is 0 Å². The van der Waals surface area contributed by atoms with Crippen molar-refractivity contribution in [2.24, 2.45) is 0 Å². The summed E-state index contributed by atoms with van der Waals surface area (Å²) in [6, 6.07) is 8.38. The summed E-state index contributed by atoms with van der Waals surface area (Å²) in [6.45, 7) is 0. The Bertz CT molecular complexity index is 1620. The van der Waals surface area contributed by atoms with Crippen molar-refractivity contribution in [3.63, 3.8) is 0 Å². The van der Waals surface area contributed by atoms with Crippen molar-refractivity contribution in [2.75, 3.05) is 0 Å². The van der Waals surface area contributed by atoms with Gasteiger partial charge in [-0.05, 0) is 48.5 Å². The lowest BCUT2D eigenvalue weighted by atomic mass is 10.1. The summed E-state index contributed by atoms with van der Waals surface area (Å²) in [5.41, 5.74) is 3.67. The van der Waals surface area contributed by atoms with Gasteiger partial charge in [0.1, 0.15) is 17.1 Å². The fourth-order valence-electron chi connectivity index (χ4n) is 3.58. The Morgan fingerprint density at radius 1 is 1.15 bits per heavy atom. The molecule has 1 aliphatic rings. The van der Waals surface area contributed by atoms with Crippen molar-refractivity contribution in [1.82, 2.24) is 20.1 Å². The second-order valence-corrected chi connectivity index (χ2v) is 7.26. The number of pyridine rings is 1. The first kappa shape index (κ1) is 21.2. The van der Waals surface area contributed by atoms with Crippen LogP contribution in [0.2, 0.25) is 0 Å². The highest BCUT2D eigenvalue weighted by atomic mass is 19.4. The molecular weight excluding hydrogens is 456 g/mol. The first-order chi connectivity index (χ1) is 16.2.